The van der Waals surface area contributed by atoms with Crippen molar-refractivity contribution in [2.75, 3.05) is 11.5 Å². The summed E-state index contributed by atoms with van der Waals surface area (Å²) in [6.45, 7) is 1.98. The molecule has 1 fully saturated rings. The first kappa shape index (κ1) is 9.43. The van der Waals surface area contributed by atoms with E-state index in [0.717, 1.165) is 23.6 Å². The zero-order chi connectivity index (χ0) is 9.26. The lowest BCUT2D eigenvalue weighted by atomic mass is 10.0. The molecule has 0 bridgehead atoms. The number of aliphatic hydroxyl groups excluding tert-OH is 1. The number of aryl methyl sites for hydroxylation is 1. The Morgan fingerprint density at radius 2 is 2.38 bits per heavy atom. The Morgan fingerprint density at radius 3 is 2.92 bits per heavy atom. The van der Waals surface area contributed by atoms with Crippen molar-refractivity contribution in [2.24, 2.45) is 5.92 Å². The molecule has 0 aliphatic carbocycles. The van der Waals surface area contributed by atoms with Crippen LogP contribution in [-0.2, 0) is 6.42 Å². The average Bonchev–Trinajstić information content (AvgIpc) is 2.65. The second-order valence-electron chi connectivity index (χ2n) is 3.35. The second kappa shape index (κ2) is 3.94. The SMILES string of the molecule is Cc1nnsc1CC1CSCC1O. The number of nitrogens with zero attached hydrogens (tertiary/aromatic N) is 2. The summed E-state index contributed by atoms with van der Waals surface area (Å²) in [4.78, 5) is 1.23. The first-order valence-corrected chi connectivity index (χ1v) is 6.24. The molecule has 0 aromatic carbocycles. The van der Waals surface area contributed by atoms with E-state index in [1.807, 2.05) is 18.7 Å². The lowest BCUT2D eigenvalue weighted by Gasteiger charge is -2.11. The molecule has 2 unspecified atom stereocenters. The van der Waals surface area contributed by atoms with Crippen molar-refractivity contribution in [3.8, 4) is 0 Å². The lowest BCUT2D eigenvalue weighted by Crippen LogP contribution is -2.19. The Balaban J connectivity index is 2.01. The van der Waals surface area contributed by atoms with Gasteiger partial charge in [-0.05, 0) is 36.5 Å². The molecule has 0 amide bonds. The van der Waals surface area contributed by atoms with Gasteiger partial charge in [-0.1, -0.05) is 4.49 Å². The summed E-state index contributed by atoms with van der Waals surface area (Å²) in [5.41, 5.74) is 1.02. The maximum Gasteiger partial charge on any atom is 0.0756 e. The van der Waals surface area contributed by atoms with Crippen LogP contribution in [0, 0.1) is 12.8 Å². The third-order valence-electron chi connectivity index (χ3n) is 2.36. The summed E-state index contributed by atoms with van der Waals surface area (Å²) >= 11 is 3.29. The van der Waals surface area contributed by atoms with Crippen molar-refractivity contribution in [2.45, 2.75) is 19.4 Å². The zero-order valence-electron chi connectivity index (χ0n) is 7.43. The van der Waals surface area contributed by atoms with Crippen molar-refractivity contribution in [1.29, 1.82) is 0 Å². The molecule has 2 heterocycles. The number of rotatable bonds is 2. The van der Waals surface area contributed by atoms with Crippen LogP contribution in [0.2, 0.25) is 0 Å². The van der Waals surface area contributed by atoms with Crippen molar-refractivity contribution in [3.05, 3.63) is 10.6 Å². The molecule has 0 saturated carbocycles. The van der Waals surface area contributed by atoms with Gasteiger partial charge in [0.1, 0.15) is 0 Å². The molecule has 2 rings (SSSR count). The van der Waals surface area contributed by atoms with Gasteiger partial charge in [0, 0.05) is 10.6 Å². The van der Waals surface area contributed by atoms with Gasteiger partial charge in [0.05, 0.1) is 11.8 Å². The minimum Gasteiger partial charge on any atom is -0.392 e. The topological polar surface area (TPSA) is 46.0 Å². The summed E-state index contributed by atoms with van der Waals surface area (Å²) in [7, 11) is 0. The highest BCUT2D eigenvalue weighted by molar-refractivity contribution is 7.99. The number of thioether (sulfide) groups is 1. The Kier molecular flexibility index (Phi) is 2.86. The lowest BCUT2D eigenvalue weighted by molar-refractivity contribution is 0.150. The van der Waals surface area contributed by atoms with Gasteiger partial charge in [-0.25, -0.2) is 0 Å². The largest absolute Gasteiger partial charge is 0.392 e. The van der Waals surface area contributed by atoms with E-state index in [1.165, 1.54) is 16.4 Å². The second-order valence-corrected chi connectivity index (χ2v) is 5.26. The maximum atomic E-state index is 9.62. The molecule has 1 aromatic heterocycles. The number of hydrogen-bond acceptors (Lipinski definition) is 5. The molecule has 1 saturated heterocycles. The van der Waals surface area contributed by atoms with Crippen molar-refractivity contribution >= 4 is 23.3 Å². The van der Waals surface area contributed by atoms with E-state index in [1.54, 1.807) is 0 Å². The van der Waals surface area contributed by atoms with Gasteiger partial charge in [-0.15, -0.1) is 5.10 Å². The van der Waals surface area contributed by atoms with Crippen LogP contribution in [0.4, 0.5) is 0 Å². The molecule has 1 aromatic rings. The molecule has 1 N–H and O–H groups in total. The molecule has 0 radical (unpaired) electrons. The van der Waals surface area contributed by atoms with Gasteiger partial charge in [0.25, 0.3) is 0 Å². The highest BCUT2D eigenvalue weighted by Gasteiger charge is 2.26. The fraction of sp³-hybridized carbons (Fsp3) is 0.750. The maximum absolute atomic E-state index is 9.62. The minimum absolute atomic E-state index is 0.133. The predicted molar refractivity (Wildman–Crippen MR) is 55.2 cm³/mol. The molecule has 3 nitrogen and oxygen atoms in total. The number of hydrogen-bond donors (Lipinski definition) is 1. The first-order chi connectivity index (χ1) is 6.27. The number of aliphatic hydroxyl groups is 1. The summed E-state index contributed by atoms with van der Waals surface area (Å²) in [6.07, 6.45) is 0.809. The van der Waals surface area contributed by atoms with Crippen LogP contribution in [0.3, 0.4) is 0 Å². The van der Waals surface area contributed by atoms with Crippen molar-refractivity contribution < 1.29 is 5.11 Å². The van der Waals surface area contributed by atoms with Crippen molar-refractivity contribution in [1.82, 2.24) is 9.59 Å². The van der Waals surface area contributed by atoms with Crippen LogP contribution >= 0.6 is 23.3 Å². The van der Waals surface area contributed by atoms with E-state index in [9.17, 15) is 5.11 Å². The molecular formula is C8H12N2OS2. The molecule has 2 atom stereocenters. The average molecular weight is 216 g/mol. The molecular weight excluding hydrogens is 204 g/mol. The third-order valence-corrected chi connectivity index (χ3v) is 4.44. The van der Waals surface area contributed by atoms with Gasteiger partial charge in [0.2, 0.25) is 0 Å². The van der Waals surface area contributed by atoms with Gasteiger partial charge in [-0.2, -0.15) is 11.8 Å². The molecule has 0 spiro atoms. The van der Waals surface area contributed by atoms with Crippen LogP contribution < -0.4 is 0 Å². The molecule has 5 heteroatoms. The molecule has 72 valence electrons. The third kappa shape index (κ3) is 2.03. The van der Waals surface area contributed by atoms with Crippen LogP contribution in [0.15, 0.2) is 0 Å². The zero-order valence-corrected chi connectivity index (χ0v) is 9.07. The fourth-order valence-corrected chi connectivity index (χ4v) is 3.47. The summed E-state index contributed by atoms with van der Waals surface area (Å²) in [6, 6.07) is 0. The number of aromatic nitrogens is 2. The summed E-state index contributed by atoms with van der Waals surface area (Å²) in [5.74, 6) is 2.36. The van der Waals surface area contributed by atoms with Gasteiger partial charge in [-0.3, -0.25) is 0 Å². The van der Waals surface area contributed by atoms with Gasteiger partial charge in [0.15, 0.2) is 0 Å². The Hall–Kier alpha value is -0.130. The van der Waals surface area contributed by atoms with Crippen molar-refractivity contribution in [3.63, 3.8) is 0 Å². The van der Waals surface area contributed by atoms with Crippen LogP contribution in [-0.4, -0.2) is 32.3 Å². The smallest absolute Gasteiger partial charge is 0.0756 e. The van der Waals surface area contributed by atoms with Crippen LogP contribution in [0.1, 0.15) is 10.6 Å². The van der Waals surface area contributed by atoms with Crippen LogP contribution in [0.25, 0.3) is 0 Å². The normalized spacial score (nSPS) is 28.2. The highest BCUT2D eigenvalue weighted by atomic mass is 32.2. The van der Waals surface area contributed by atoms with E-state index < -0.39 is 0 Å². The predicted octanol–water partition coefficient (Wildman–Crippen LogP) is 1.11. The first-order valence-electron chi connectivity index (χ1n) is 4.31. The van der Waals surface area contributed by atoms with E-state index in [4.69, 9.17) is 0 Å². The Bertz CT molecular complexity index is 289. The summed E-state index contributed by atoms with van der Waals surface area (Å²) in [5, 5.41) is 13.6. The Morgan fingerprint density at radius 1 is 1.54 bits per heavy atom. The van der Waals surface area contributed by atoms with Gasteiger partial charge >= 0.3 is 0 Å². The molecule has 13 heavy (non-hydrogen) atoms. The van der Waals surface area contributed by atoms with Gasteiger partial charge < -0.3 is 5.11 Å². The monoisotopic (exact) mass is 216 g/mol. The quantitative estimate of drug-likeness (QED) is 0.804. The highest BCUT2D eigenvalue weighted by Crippen LogP contribution is 2.28. The van der Waals surface area contributed by atoms with E-state index in [2.05, 4.69) is 9.59 Å². The van der Waals surface area contributed by atoms with E-state index in [0.29, 0.717) is 5.92 Å². The fourth-order valence-electron chi connectivity index (χ4n) is 1.46. The van der Waals surface area contributed by atoms with E-state index >= 15 is 0 Å². The summed E-state index contributed by atoms with van der Waals surface area (Å²) < 4.78 is 3.89. The Labute approximate surface area is 85.7 Å². The molecule has 1 aliphatic heterocycles. The van der Waals surface area contributed by atoms with E-state index in [-0.39, 0.29) is 6.10 Å². The molecule has 1 aliphatic rings. The van der Waals surface area contributed by atoms with Crippen LogP contribution in [0.5, 0.6) is 0 Å². The standard InChI is InChI=1S/C8H12N2OS2/c1-5-8(13-10-9-5)2-6-3-12-4-7(6)11/h6-7,11H,2-4H2,1H3. The minimum atomic E-state index is -0.133.